The number of hydrogen-bond acceptors (Lipinski definition) is 2. The zero-order chi connectivity index (χ0) is 11.6. The normalized spacial score (nSPS) is 19.8. The Morgan fingerprint density at radius 1 is 1.29 bits per heavy atom. The minimum Gasteiger partial charge on any atom is -0.488 e. The van der Waals surface area contributed by atoms with Gasteiger partial charge in [0, 0.05) is 6.42 Å². The second-order valence-corrected chi connectivity index (χ2v) is 3.75. The van der Waals surface area contributed by atoms with Gasteiger partial charge < -0.3 is 22.4 Å². The van der Waals surface area contributed by atoms with Crippen molar-refractivity contribution in [2.45, 2.75) is 12.5 Å². The van der Waals surface area contributed by atoms with Crippen LogP contribution < -0.4 is 61.6 Å². The van der Waals surface area contributed by atoms with Crippen LogP contribution in [0.15, 0.2) is 24.3 Å². The molecule has 7 heteroatoms. The van der Waals surface area contributed by atoms with Crippen LogP contribution in [-0.4, -0.2) is 26.3 Å². The summed E-state index contributed by atoms with van der Waals surface area (Å²) in [6.45, 7) is -3.91. The van der Waals surface area contributed by atoms with Crippen molar-refractivity contribution in [1.82, 2.24) is 0 Å². The molecule has 1 aromatic carbocycles. The third kappa shape index (κ3) is 4.57. The van der Waals surface area contributed by atoms with Gasteiger partial charge in [-0.15, -0.1) is 5.46 Å². The Balaban J connectivity index is 0.00000144. The topological polar surface area (TPSA) is 18.5 Å². The Hall–Kier alpha value is 0.471. The average Bonchev–Trinajstić information content (AvgIpc) is 2.70. The third-order valence-corrected chi connectivity index (χ3v) is 2.43. The molecule has 1 fully saturated rings. The Kier molecular flexibility index (Phi) is 6.01. The van der Waals surface area contributed by atoms with Crippen molar-refractivity contribution in [1.29, 1.82) is 0 Å². The first kappa shape index (κ1) is 15.5. The first-order valence-corrected chi connectivity index (χ1v) is 5.10. The Bertz CT molecular complexity index is 367. The van der Waals surface area contributed by atoms with E-state index in [1.165, 1.54) is 12.1 Å². The molecule has 0 aliphatic carbocycles. The van der Waals surface area contributed by atoms with Gasteiger partial charge in [-0.2, -0.15) is 0 Å². The molecule has 0 aromatic heterocycles. The fraction of sp³-hybridized carbons (Fsp3) is 0.400. The summed E-state index contributed by atoms with van der Waals surface area (Å²) in [5.74, 6) is 0.257. The van der Waals surface area contributed by atoms with E-state index < -0.39 is 12.4 Å². The molecule has 2 nitrogen and oxygen atoms in total. The van der Waals surface area contributed by atoms with Gasteiger partial charge in [-0.05, 0) is 12.1 Å². The second kappa shape index (κ2) is 6.58. The average molecular weight is 270 g/mol. The minimum absolute atomic E-state index is 0. The van der Waals surface area contributed by atoms with Gasteiger partial charge in [0.15, 0.2) is 0 Å². The van der Waals surface area contributed by atoms with Crippen molar-refractivity contribution in [3.8, 4) is 5.75 Å². The number of rotatable bonds is 3. The molecule has 1 heterocycles. The molecular weight excluding hydrogens is 259 g/mol. The van der Waals surface area contributed by atoms with Crippen LogP contribution in [-0.2, 0) is 4.74 Å². The molecular formula is C10H11BF3KO2. The van der Waals surface area contributed by atoms with Crippen LogP contribution in [0, 0.1) is 0 Å². The molecule has 2 rings (SSSR count). The van der Waals surface area contributed by atoms with Crippen LogP contribution >= 0.6 is 0 Å². The van der Waals surface area contributed by atoms with E-state index >= 15 is 0 Å². The van der Waals surface area contributed by atoms with Gasteiger partial charge in [0.2, 0.25) is 0 Å². The van der Waals surface area contributed by atoms with Crippen molar-refractivity contribution < 1.29 is 73.8 Å². The molecule has 1 saturated heterocycles. The Morgan fingerprint density at radius 3 is 2.65 bits per heavy atom. The molecule has 1 unspecified atom stereocenters. The van der Waals surface area contributed by atoms with Gasteiger partial charge in [-0.1, -0.05) is 12.1 Å². The summed E-state index contributed by atoms with van der Waals surface area (Å²) in [5.41, 5.74) is -0.628. The molecule has 0 N–H and O–H groups in total. The summed E-state index contributed by atoms with van der Waals surface area (Å²) in [6.07, 6.45) is 0.595. The summed E-state index contributed by atoms with van der Waals surface area (Å²) in [6, 6.07) is 4.98. The monoisotopic (exact) mass is 270 g/mol. The fourth-order valence-electron chi connectivity index (χ4n) is 1.59. The maximum absolute atomic E-state index is 12.5. The summed E-state index contributed by atoms with van der Waals surface area (Å²) < 4.78 is 47.9. The van der Waals surface area contributed by atoms with Crippen molar-refractivity contribution in [3.05, 3.63) is 24.3 Å². The zero-order valence-electron chi connectivity index (χ0n) is 9.54. The molecule has 0 radical (unpaired) electrons. The van der Waals surface area contributed by atoms with E-state index in [0.29, 0.717) is 13.2 Å². The van der Waals surface area contributed by atoms with Gasteiger partial charge in [-0.25, -0.2) is 0 Å². The minimum atomic E-state index is -4.96. The van der Waals surface area contributed by atoms with Gasteiger partial charge >= 0.3 is 58.4 Å². The summed E-state index contributed by atoms with van der Waals surface area (Å²) in [4.78, 5) is 0. The fourth-order valence-corrected chi connectivity index (χ4v) is 1.59. The van der Waals surface area contributed by atoms with E-state index in [4.69, 9.17) is 9.47 Å². The number of ether oxygens (including phenoxy) is 2. The molecule has 1 aromatic rings. The summed E-state index contributed by atoms with van der Waals surface area (Å²) in [7, 11) is 0. The Morgan fingerprint density at radius 2 is 2.06 bits per heavy atom. The van der Waals surface area contributed by atoms with Crippen LogP contribution in [0.5, 0.6) is 5.75 Å². The molecule has 1 aliphatic heterocycles. The van der Waals surface area contributed by atoms with E-state index in [0.717, 1.165) is 18.6 Å². The second-order valence-electron chi connectivity index (χ2n) is 3.75. The summed E-state index contributed by atoms with van der Waals surface area (Å²) in [5, 5.41) is 0. The van der Waals surface area contributed by atoms with Gasteiger partial charge in [0.25, 0.3) is 0 Å². The van der Waals surface area contributed by atoms with Crippen molar-refractivity contribution in [2.75, 3.05) is 13.2 Å². The predicted octanol–water partition coefficient (Wildman–Crippen LogP) is -1.09. The molecule has 0 amide bonds. The summed E-state index contributed by atoms with van der Waals surface area (Å²) >= 11 is 0. The molecule has 0 spiro atoms. The van der Waals surface area contributed by atoms with E-state index in [-0.39, 0.29) is 63.2 Å². The maximum Gasteiger partial charge on any atom is 1.00 e. The van der Waals surface area contributed by atoms with Crippen molar-refractivity contribution in [2.24, 2.45) is 0 Å². The SMILES string of the molecule is F[B-](F)(F)c1cccc(OC2CCOC2)c1.[K+]. The van der Waals surface area contributed by atoms with E-state index in [2.05, 4.69) is 0 Å². The van der Waals surface area contributed by atoms with E-state index in [1.54, 1.807) is 0 Å². The molecule has 1 aliphatic rings. The van der Waals surface area contributed by atoms with Crippen molar-refractivity contribution in [3.63, 3.8) is 0 Å². The first-order chi connectivity index (χ1) is 7.55. The van der Waals surface area contributed by atoms with Gasteiger partial charge in [-0.3, -0.25) is 0 Å². The van der Waals surface area contributed by atoms with Gasteiger partial charge in [0.05, 0.1) is 13.2 Å². The quantitative estimate of drug-likeness (QED) is 0.650. The Labute approximate surface area is 140 Å². The number of benzene rings is 1. The molecule has 0 saturated carbocycles. The predicted molar refractivity (Wildman–Crippen MR) is 55.0 cm³/mol. The van der Waals surface area contributed by atoms with E-state index in [1.807, 2.05) is 0 Å². The van der Waals surface area contributed by atoms with Crippen LogP contribution in [0.2, 0.25) is 0 Å². The number of halogens is 3. The molecule has 0 bridgehead atoms. The third-order valence-electron chi connectivity index (χ3n) is 2.43. The van der Waals surface area contributed by atoms with Crippen LogP contribution in [0.4, 0.5) is 12.9 Å². The van der Waals surface area contributed by atoms with Crippen molar-refractivity contribution >= 4 is 12.4 Å². The smallest absolute Gasteiger partial charge is 0.488 e. The van der Waals surface area contributed by atoms with E-state index in [9.17, 15) is 12.9 Å². The standard InChI is InChI=1S/C10H11BF3O2.K/c12-11(13,14)8-2-1-3-9(6-8)16-10-4-5-15-7-10;/h1-3,6,10H,4-5,7H2;/q-1;+1. The number of hydrogen-bond donors (Lipinski definition) is 0. The first-order valence-electron chi connectivity index (χ1n) is 5.10. The van der Waals surface area contributed by atoms with Crippen LogP contribution in [0.1, 0.15) is 6.42 Å². The van der Waals surface area contributed by atoms with Gasteiger partial charge in [0.1, 0.15) is 11.9 Å². The molecule has 88 valence electrons. The maximum atomic E-state index is 12.5. The van der Waals surface area contributed by atoms with Crippen LogP contribution in [0.25, 0.3) is 0 Å². The molecule has 1 atom stereocenters. The largest absolute Gasteiger partial charge is 1.00 e. The van der Waals surface area contributed by atoms with Crippen LogP contribution in [0.3, 0.4) is 0 Å². The molecule has 17 heavy (non-hydrogen) atoms. The zero-order valence-corrected chi connectivity index (χ0v) is 12.7.